The van der Waals surface area contributed by atoms with Gasteiger partial charge in [-0.25, -0.2) is 0 Å². The van der Waals surface area contributed by atoms with Gasteiger partial charge in [0.15, 0.2) is 6.10 Å². The molecule has 3 rings (SSSR count). The quantitative estimate of drug-likeness (QED) is 0.696. The Balaban J connectivity index is 1.60. The summed E-state index contributed by atoms with van der Waals surface area (Å²) in [7, 11) is 0. The van der Waals surface area contributed by atoms with Crippen LogP contribution in [0.2, 0.25) is 0 Å². The van der Waals surface area contributed by atoms with Gasteiger partial charge in [0.25, 0.3) is 5.91 Å². The van der Waals surface area contributed by atoms with Gasteiger partial charge >= 0.3 is 0 Å². The summed E-state index contributed by atoms with van der Waals surface area (Å²) >= 11 is 0. The van der Waals surface area contributed by atoms with Crippen LogP contribution in [0.1, 0.15) is 57.2 Å². The molecule has 0 saturated carbocycles. The number of ether oxygens (including phenoxy) is 1. The zero-order chi connectivity index (χ0) is 20.8. The van der Waals surface area contributed by atoms with Crippen LogP contribution in [0.5, 0.6) is 5.75 Å². The fourth-order valence-corrected chi connectivity index (χ4v) is 3.95. The van der Waals surface area contributed by atoms with Crippen LogP contribution in [-0.2, 0) is 4.79 Å². The fraction of sp³-hybridized carbons (Fsp3) is 0.480. The topological polar surface area (TPSA) is 41.6 Å². The van der Waals surface area contributed by atoms with Gasteiger partial charge in [-0.3, -0.25) is 4.79 Å². The Morgan fingerprint density at radius 2 is 1.93 bits per heavy atom. The van der Waals surface area contributed by atoms with Gasteiger partial charge in [0.05, 0.1) is 6.04 Å². The lowest BCUT2D eigenvalue weighted by Crippen LogP contribution is -2.39. The summed E-state index contributed by atoms with van der Waals surface area (Å²) in [5, 5.41) is 3.12. The molecular weight excluding hydrogens is 360 g/mol. The lowest BCUT2D eigenvalue weighted by Gasteiger charge is -2.33. The van der Waals surface area contributed by atoms with E-state index in [0.717, 1.165) is 35.9 Å². The minimum Gasteiger partial charge on any atom is -0.480 e. The molecule has 29 heavy (non-hydrogen) atoms. The normalized spacial score (nSPS) is 18.8. The van der Waals surface area contributed by atoms with Crippen LogP contribution < -0.4 is 15.0 Å². The van der Waals surface area contributed by atoms with Crippen LogP contribution in [-0.4, -0.2) is 25.1 Å². The minimum atomic E-state index is -0.493. The molecule has 4 heteroatoms. The second kappa shape index (κ2) is 9.82. The highest BCUT2D eigenvalue weighted by Gasteiger charge is 2.22. The van der Waals surface area contributed by atoms with Crippen molar-refractivity contribution in [3.63, 3.8) is 0 Å². The number of amides is 1. The molecule has 156 valence electrons. The molecule has 2 aromatic rings. The van der Waals surface area contributed by atoms with Crippen molar-refractivity contribution in [1.29, 1.82) is 0 Å². The highest BCUT2D eigenvalue weighted by Crippen LogP contribution is 2.25. The first-order valence-electron chi connectivity index (χ1n) is 10.9. The summed E-state index contributed by atoms with van der Waals surface area (Å²) in [4.78, 5) is 15.2. The van der Waals surface area contributed by atoms with Gasteiger partial charge < -0.3 is 15.0 Å². The van der Waals surface area contributed by atoms with Crippen molar-refractivity contribution in [3.8, 4) is 5.75 Å². The van der Waals surface area contributed by atoms with E-state index in [1.807, 2.05) is 45.0 Å². The lowest BCUT2D eigenvalue weighted by molar-refractivity contribution is -0.128. The van der Waals surface area contributed by atoms with Gasteiger partial charge in [-0.15, -0.1) is 0 Å². The molecule has 1 amide bonds. The van der Waals surface area contributed by atoms with Gasteiger partial charge in [0.2, 0.25) is 0 Å². The van der Waals surface area contributed by atoms with Crippen molar-refractivity contribution in [2.75, 3.05) is 18.0 Å². The Morgan fingerprint density at radius 3 is 2.59 bits per heavy atom. The van der Waals surface area contributed by atoms with Crippen molar-refractivity contribution in [3.05, 3.63) is 59.7 Å². The maximum Gasteiger partial charge on any atom is 0.261 e. The zero-order valence-corrected chi connectivity index (χ0v) is 18.2. The van der Waals surface area contributed by atoms with Crippen LogP contribution in [0.25, 0.3) is 0 Å². The summed E-state index contributed by atoms with van der Waals surface area (Å²) in [5.41, 5.74) is 3.42. The minimum absolute atomic E-state index is 0.0636. The number of para-hydroxylation sites is 1. The van der Waals surface area contributed by atoms with E-state index in [1.54, 1.807) is 0 Å². The van der Waals surface area contributed by atoms with Crippen LogP contribution in [0.3, 0.4) is 0 Å². The predicted octanol–water partition coefficient (Wildman–Crippen LogP) is 5.27. The standard InChI is InChI=1S/C25H34N2O2/c1-5-23(29-24-11-7-6-10-19(24)3)25(28)26-20(4)21-12-14-22(15-13-21)27-16-8-9-18(2)17-27/h6-7,10-15,18,20,23H,5,8-9,16-17H2,1-4H3,(H,26,28)/t18-,20+,23+/m1/s1. The van der Waals surface area contributed by atoms with E-state index in [4.69, 9.17) is 4.74 Å². The monoisotopic (exact) mass is 394 g/mol. The number of hydrogen-bond donors (Lipinski definition) is 1. The largest absolute Gasteiger partial charge is 0.480 e. The summed E-state index contributed by atoms with van der Waals surface area (Å²) in [5.74, 6) is 1.44. The molecule has 0 aromatic heterocycles. The van der Waals surface area contributed by atoms with Crippen LogP contribution in [0.15, 0.2) is 48.5 Å². The summed E-state index contributed by atoms with van der Waals surface area (Å²) in [6.45, 7) is 10.6. The third-order valence-electron chi connectivity index (χ3n) is 5.80. The third kappa shape index (κ3) is 5.53. The predicted molar refractivity (Wildman–Crippen MR) is 119 cm³/mol. The smallest absolute Gasteiger partial charge is 0.261 e. The summed E-state index contributed by atoms with van der Waals surface area (Å²) in [6, 6.07) is 16.4. The molecule has 0 spiro atoms. The molecule has 0 unspecified atom stereocenters. The Bertz CT molecular complexity index is 803. The van der Waals surface area contributed by atoms with Gasteiger partial charge in [0.1, 0.15) is 5.75 Å². The molecule has 1 heterocycles. The molecule has 1 saturated heterocycles. The van der Waals surface area contributed by atoms with E-state index in [1.165, 1.54) is 18.5 Å². The highest BCUT2D eigenvalue weighted by molar-refractivity contribution is 5.81. The fourth-order valence-electron chi connectivity index (χ4n) is 3.95. The molecule has 4 nitrogen and oxygen atoms in total. The second-order valence-corrected chi connectivity index (χ2v) is 8.30. The molecular formula is C25H34N2O2. The Labute approximate surface area is 175 Å². The second-order valence-electron chi connectivity index (χ2n) is 8.30. The molecule has 1 aliphatic rings. The molecule has 3 atom stereocenters. The maximum atomic E-state index is 12.8. The van der Waals surface area contributed by atoms with E-state index < -0.39 is 6.10 Å². The molecule has 0 radical (unpaired) electrons. The number of aryl methyl sites for hydroxylation is 1. The summed E-state index contributed by atoms with van der Waals surface area (Å²) in [6.07, 6.45) is 2.71. The van der Waals surface area contributed by atoms with E-state index >= 15 is 0 Å². The maximum absolute atomic E-state index is 12.8. The zero-order valence-electron chi connectivity index (χ0n) is 18.2. The van der Waals surface area contributed by atoms with Crippen LogP contribution in [0.4, 0.5) is 5.69 Å². The first-order chi connectivity index (χ1) is 14.0. The Hall–Kier alpha value is -2.49. The number of hydrogen-bond acceptors (Lipinski definition) is 3. The molecule has 2 aromatic carbocycles. The van der Waals surface area contributed by atoms with Crippen LogP contribution >= 0.6 is 0 Å². The number of anilines is 1. The number of rotatable bonds is 7. The van der Waals surface area contributed by atoms with E-state index in [2.05, 4.69) is 41.4 Å². The number of carbonyl (C=O) groups excluding carboxylic acids is 1. The Kier molecular flexibility index (Phi) is 7.18. The molecule has 1 fully saturated rings. The van der Waals surface area contributed by atoms with E-state index in [0.29, 0.717) is 6.42 Å². The number of benzene rings is 2. The van der Waals surface area contributed by atoms with Gasteiger partial charge in [0, 0.05) is 18.8 Å². The Morgan fingerprint density at radius 1 is 1.21 bits per heavy atom. The van der Waals surface area contributed by atoms with Crippen molar-refractivity contribution in [2.45, 2.75) is 59.1 Å². The number of nitrogens with one attached hydrogen (secondary N) is 1. The average Bonchev–Trinajstić information content (AvgIpc) is 2.73. The van der Waals surface area contributed by atoms with E-state index in [9.17, 15) is 4.79 Å². The van der Waals surface area contributed by atoms with Gasteiger partial charge in [-0.2, -0.15) is 0 Å². The van der Waals surface area contributed by atoms with Crippen molar-refractivity contribution in [2.24, 2.45) is 5.92 Å². The van der Waals surface area contributed by atoms with Gasteiger partial charge in [-0.1, -0.05) is 44.2 Å². The number of piperidine rings is 1. The molecule has 0 bridgehead atoms. The average molecular weight is 395 g/mol. The van der Waals surface area contributed by atoms with Gasteiger partial charge in [-0.05, 0) is 68.4 Å². The van der Waals surface area contributed by atoms with Crippen molar-refractivity contribution < 1.29 is 9.53 Å². The third-order valence-corrected chi connectivity index (χ3v) is 5.80. The van der Waals surface area contributed by atoms with E-state index in [-0.39, 0.29) is 11.9 Å². The highest BCUT2D eigenvalue weighted by atomic mass is 16.5. The number of carbonyl (C=O) groups is 1. The first-order valence-corrected chi connectivity index (χ1v) is 10.9. The number of nitrogens with zero attached hydrogens (tertiary/aromatic N) is 1. The first kappa shape index (κ1) is 21.2. The van der Waals surface area contributed by atoms with Crippen molar-refractivity contribution >= 4 is 11.6 Å². The van der Waals surface area contributed by atoms with Crippen LogP contribution in [0, 0.1) is 12.8 Å². The SMILES string of the molecule is CC[C@H](Oc1ccccc1C)C(=O)N[C@@H](C)c1ccc(N2CCC[C@@H](C)C2)cc1. The lowest BCUT2D eigenvalue weighted by atomic mass is 9.99. The molecule has 0 aliphatic carbocycles. The molecule has 1 aliphatic heterocycles. The van der Waals surface area contributed by atoms with Crippen molar-refractivity contribution in [1.82, 2.24) is 5.32 Å². The summed E-state index contributed by atoms with van der Waals surface area (Å²) < 4.78 is 5.98. The molecule has 1 N–H and O–H groups in total.